The standard InChI is InChI=1S/2C2H4O3/c2*3-1-2(4)5/h2*3H,1H2,(H,4,5)/i3D;. The maximum atomic E-state index is 9.35. The molecule has 0 amide bonds. The van der Waals surface area contributed by atoms with Crippen LogP contribution in [0.4, 0.5) is 0 Å². The zero-order valence-electron chi connectivity index (χ0n) is 5.98. The van der Waals surface area contributed by atoms with Crippen LogP contribution in [-0.4, -0.2) is 47.0 Å². The van der Waals surface area contributed by atoms with Gasteiger partial charge in [-0.2, -0.15) is 0 Å². The highest BCUT2D eigenvalue weighted by molar-refractivity contribution is 5.67. The predicted molar refractivity (Wildman–Crippen MR) is 29.4 cm³/mol. The minimum Gasteiger partial charge on any atom is -0.480 e. The Hall–Kier alpha value is -1.14. The van der Waals surface area contributed by atoms with Crippen LogP contribution in [0.25, 0.3) is 0 Å². The van der Waals surface area contributed by atoms with Gasteiger partial charge in [-0.3, -0.25) is 0 Å². The molecular formula is C4H8O6. The van der Waals surface area contributed by atoms with Crippen LogP contribution < -0.4 is 0 Å². The molecule has 0 rings (SSSR count). The molecule has 0 saturated carbocycles. The number of aliphatic hydroxyl groups is 2. The molecule has 6 heteroatoms. The third-order valence-corrected chi connectivity index (χ3v) is 0.259. The van der Waals surface area contributed by atoms with E-state index < -0.39 is 25.2 Å². The molecule has 0 fully saturated rings. The molecule has 0 atom stereocenters. The summed E-state index contributed by atoms with van der Waals surface area (Å²) in [6.07, 6.45) is 0. The maximum absolute atomic E-state index is 9.35. The average Bonchev–Trinajstić information content (AvgIpc) is 1.89. The highest BCUT2D eigenvalue weighted by Gasteiger charge is 1.83. The Labute approximate surface area is 57.8 Å². The summed E-state index contributed by atoms with van der Waals surface area (Å²) in [5, 5.41) is 26.1. The fourth-order valence-electron chi connectivity index (χ4n) is 0. The van der Waals surface area contributed by atoms with E-state index in [9.17, 15) is 4.79 Å². The monoisotopic (exact) mass is 153 g/mol. The molecule has 6 nitrogen and oxygen atoms in total. The second-order valence-corrected chi connectivity index (χ2v) is 1.09. The molecule has 0 aliphatic carbocycles. The minimum absolute atomic E-state index is 0.542. The molecule has 0 aromatic heterocycles. The summed E-state index contributed by atoms with van der Waals surface area (Å²) < 4.78 is 5.85. The van der Waals surface area contributed by atoms with Crippen LogP contribution in [0.15, 0.2) is 0 Å². The van der Waals surface area contributed by atoms with E-state index in [0.29, 0.717) is 0 Å². The van der Waals surface area contributed by atoms with E-state index in [1.807, 2.05) is 0 Å². The van der Waals surface area contributed by atoms with Gasteiger partial charge in [0.05, 0.1) is 0 Å². The Balaban J connectivity index is 0. The van der Waals surface area contributed by atoms with Gasteiger partial charge in [-0.15, -0.1) is 0 Å². The van der Waals surface area contributed by atoms with Crippen LogP contribution in [-0.2, 0) is 9.59 Å². The molecule has 0 aliphatic rings. The van der Waals surface area contributed by atoms with Crippen molar-refractivity contribution < 1.29 is 30.0 Å². The number of carboxylic acids is 2. The molecule has 0 aromatic carbocycles. The van der Waals surface area contributed by atoms with Gasteiger partial charge < -0.3 is 20.4 Å². The van der Waals surface area contributed by atoms with E-state index in [4.69, 9.17) is 21.5 Å². The van der Waals surface area contributed by atoms with Gasteiger partial charge in [-0.05, 0) is 0 Å². The van der Waals surface area contributed by atoms with E-state index in [2.05, 4.69) is 5.11 Å². The van der Waals surface area contributed by atoms with Crippen LogP contribution in [0.5, 0.6) is 0 Å². The lowest BCUT2D eigenvalue weighted by atomic mass is 10.8. The summed E-state index contributed by atoms with van der Waals surface area (Å²) in [5.74, 6) is -2.31. The number of carboxylic acid groups (broad SMARTS) is 2. The Kier molecular flexibility index (Phi) is 6.96. The lowest BCUT2D eigenvalue weighted by Gasteiger charge is -1.72. The number of aliphatic carboxylic acids is 2. The summed E-state index contributed by atoms with van der Waals surface area (Å²) in [6.45, 7) is -1.32. The van der Waals surface area contributed by atoms with E-state index in [1.165, 1.54) is 0 Å². The maximum Gasteiger partial charge on any atom is 0.329 e. The topological polar surface area (TPSA) is 115 Å². The molecule has 0 radical (unpaired) electrons. The molecule has 0 aliphatic heterocycles. The van der Waals surface area contributed by atoms with Gasteiger partial charge in [0, 0.05) is 0 Å². The molecule has 0 spiro atoms. The van der Waals surface area contributed by atoms with Gasteiger partial charge in [0.1, 0.15) is 13.2 Å². The lowest BCUT2D eigenvalue weighted by Crippen LogP contribution is -1.98. The van der Waals surface area contributed by atoms with Crippen molar-refractivity contribution in [1.82, 2.24) is 0 Å². The molecule has 60 valence electrons. The van der Waals surface area contributed by atoms with Gasteiger partial charge in [0.2, 0.25) is 1.43 Å². The minimum atomic E-state index is -1.19. The Bertz CT molecular complexity index is 124. The summed E-state index contributed by atoms with van der Waals surface area (Å²) in [6, 6.07) is 0. The predicted octanol–water partition coefficient (Wildman–Crippen LogP) is -1.87. The molecule has 10 heavy (non-hydrogen) atoms. The Morgan fingerprint density at radius 3 is 1.60 bits per heavy atom. The van der Waals surface area contributed by atoms with Gasteiger partial charge >= 0.3 is 11.9 Å². The number of hydrogen-bond acceptors (Lipinski definition) is 4. The molecule has 0 heterocycles. The van der Waals surface area contributed by atoms with Crippen LogP contribution in [0, 0.1) is 0 Å². The van der Waals surface area contributed by atoms with Gasteiger partial charge in [0.15, 0.2) is 0 Å². The number of hydrogen-bond donors (Lipinski definition) is 4. The van der Waals surface area contributed by atoms with Gasteiger partial charge in [0.25, 0.3) is 0 Å². The molecule has 0 aromatic rings. The number of carbonyl (C=O) groups is 2. The molecule has 0 bridgehead atoms. The summed E-state index contributed by atoms with van der Waals surface area (Å²) in [7, 11) is 0. The molecule has 4 N–H and O–H groups in total. The third-order valence-electron chi connectivity index (χ3n) is 0.259. The van der Waals surface area contributed by atoms with Crippen LogP contribution in [0.1, 0.15) is 0 Å². The van der Waals surface area contributed by atoms with Crippen LogP contribution in [0.3, 0.4) is 0 Å². The zero-order valence-corrected chi connectivity index (χ0v) is 4.98. The van der Waals surface area contributed by atoms with Crippen molar-refractivity contribution in [1.29, 1.82) is 1.43 Å². The summed E-state index contributed by atoms with van der Waals surface area (Å²) in [5.41, 5.74) is 0. The first kappa shape index (κ1) is 8.86. The zero-order chi connectivity index (χ0) is 9.28. The first-order valence-electron chi connectivity index (χ1n) is 2.58. The molecule has 0 unspecified atom stereocenters. The van der Waals surface area contributed by atoms with Crippen molar-refractivity contribution in [3.63, 3.8) is 0 Å². The number of rotatable bonds is 3. The quantitative estimate of drug-likeness (QED) is 0.377. The van der Waals surface area contributed by atoms with Gasteiger partial charge in [-0.25, -0.2) is 9.59 Å². The lowest BCUT2D eigenvalue weighted by molar-refractivity contribution is -0.141. The Morgan fingerprint density at radius 1 is 1.20 bits per heavy atom. The smallest absolute Gasteiger partial charge is 0.329 e. The highest BCUT2D eigenvalue weighted by atomic mass is 16.4. The summed E-state index contributed by atoms with van der Waals surface area (Å²) in [4.78, 5) is 18.5. The fourth-order valence-corrected chi connectivity index (χ4v) is 0. The van der Waals surface area contributed by atoms with Crippen molar-refractivity contribution in [2.75, 3.05) is 13.2 Å². The first-order valence-corrected chi connectivity index (χ1v) is 2.17. The van der Waals surface area contributed by atoms with Crippen molar-refractivity contribution in [3.8, 4) is 0 Å². The highest BCUT2D eigenvalue weighted by Crippen LogP contribution is 1.49. The SMILES string of the molecule is O=C(O)CO.[2H]OCC(=O)O. The normalized spacial score (nSPS) is 8.70. The molecule has 0 saturated heterocycles. The van der Waals surface area contributed by atoms with Crippen LogP contribution >= 0.6 is 0 Å². The van der Waals surface area contributed by atoms with Gasteiger partial charge in [-0.1, -0.05) is 0 Å². The van der Waals surface area contributed by atoms with E-state index >= 15 is 0 Å². The fraction of sp³-hybridized carbons (Fsp3) is 0.500. The van der Waals surface area contributed by atoms with Crippen molar-refractivity contribution in [2.45, 2.75) is 0 Å². The van der Waals surface area contributed by atoms with Crippen LogP contribution in [0.2, 0.25) is 0 Å². The first-order chi connectivity index (χ1) is 5.04. The van der Waals surface area contributed by atoms with E-state index in [-0.39, 0.29) is 0 Å². The third kappa shape index (κ3) is 28.8. The summed E-state index contributed by atoms with van der Waals surface area (Å²) >= 11 is 0. The van der Waals surface area contributed by atoms with E-state index in [1.54, 1.807) is 0 Å². The average molecular weight is 153 g/mol. The Morgan fingerprint density at radius 2 is 1.60 bits per heavy atom. The second-order valence-electron chi connectivity index (χ2n) is 1.09. The number of aliphatic hydroxyl groups excluding tert-OH is 2. The second kappa shape index (κ2) is 7.86. The largest absolute Gasteiger partial charge is 0.480 e. The van der Waals surface area contributed by atoms with Crippen molar-refractivity contribution in [3.05, 3.63) is 0 Å². The van der Waals surface area contributed by atoms with E-state index in [0.717, 1.165) is 0 Å². The molecular weight excluding hydrogens is 144 g/mol. The van der Waals surface area contributed by atoms with Crippen molar-refractivity contribution in [2.24, 2.45) is 0 Å². The van der Waals surface area contributed by atoms with Crippen molar-refractivity contribution >= 4 is 11.9 Å².